The Morgan fingerprint density at radius 2 is 1.69 bits per heavy atom. The van der Waals surface area contributed by atoms with Crippen molar-refractivity contribution >= 4 is 17.6 Å². The van der Waals surface area contributed by atoms with Crippen LogP contribution in [0.25, 0.3) is 0 Å². The third kappa shape index (κ3) is 7.69. The number of carbonyl (C=O) groups excluding carboxylic acids is 1. The summed E-state index contributed by atoms with van der Waals surface area (Å²) in [6, 6.07) is 16.3. The van der Waals surface area contributed by atoms with Crippen molar-refractivity contribution in [3.63, 3.8) is 0 Å². The number of carboxylic acid groups (broad SMARTS) is 1. The van der Waals surface area contributed by atoms with E-state index < -0.39 is 12.1 Å². The summed E-state index contributed by atoms with van der Waals surface area (Å²) in [5.74, 6) is -1.18. The molecule has 1 amide bonds. The van der Waals surface area contributed by atoms with E-state index in [0.717, 1.165) is 38.8 Å². The first-order valence-corrected chi connectivity index (χ1v) is 11.4. The van der Waals surface area contributed by atoms with Gasteiger partial charge in [-0.3, -0.25) is 4.79 Å². The van der Waals surface area contributed by atoms with E-state index in [-0.39, 0.29) is 18.1 Å². The van der Waals surface area contributed by atoms with Crippen molar-refractivity contribution in [3.05, 3.63) is 54.1 Å². The van der Waals surface area contributed by atoms with Gasteiger partial charge >= 0.3 is 12.1 Å². The molecule has 192 valence electrons. The van der Waals surface area contributed by atoms with Crippen molar-refractivity contribution in [2.45, 2.75) is 44.1 Å². The number of rotatable bonds is 5. The molecule has 11 heteroatoms. The smallest absolute Gasteiger partial charge is 0.475 e. The van der Waals surface area contributed by atoms with Gasteiger partial charge in [-0.2, -0.15) is 18.4 Å². The predicted octanol–water partition coefficient (Wildman–Crippen LogP) is 4.47. The van der Waals surface area contributed by atoms with E-state index in [0.29, 0.717) is 28.7 Å². The first-order valence-electron chi connectivity index (χ1n) is 11.4. The molecule has 2 atom stereocenters. The number of alkyl halides is 3. The Hall–Kier alpha value is -3.62. The van der Waals surface area contributed by atoms with Crippen molar-refractivity contribution in [2.24, 2.45) is 5.92 Å². The molecule has 4 rings (SSSR count). The largest absolute Gasteiger partial charge is 0.490 e. The zero-order valence-electron chi connectivity index (χ0n) is 19.3. The Morgan fingerprint density at radius 1 is 1.06 bits per heavy atom. The highest BCUT2D eigenvalue weighted by atomic mass is 19.4. The number of ether oxygens (including phenoxy) is 2. The topological polar surface area (TPSA) is 121 Å². The minimum atomic E-state index is -5.08. The molecule has 0 spiro atoms. The number of carbonyl (C=O) groups is 2. The van der Waals surface area contributed by atoms with Crippen LogP contribution in [0.4, 0.5) is 18.9 Å². The van der Waals surface area contributed by atoms with Gasteiger partial charge < -0.3 is 25.2 Å². The number of nitrogens with zero attached hydrogens (tertiary/aromatic N) is 1. The van der Waals surface area contributed by atoms with E-state index in [2.05, 4.69) is 16.7 Å². The molecule has 0 radical (unpaired) electrons. The Balaban J connectivity index is 0.000000454. The van der Waals surface area contributed by atoms with Crippen LogP contribution in [0.3, 0.4) is 0 Å². The predicted molar refractivity (Wildman–Crippen MR) is 123 cm³/mol. The van der Waals surface area contributed by atoms with Crippen LogP contribution in [-0.2, 0) is 14.3 Å². The third-order valence-corrected chi connectivity index (χ3v) is 5.85. The number of halogens is 3. The van der Waals surface area contributed by atoms with Gasteiger partial charge in [0.1, 0.15) is 23.7 Å². The molecule has 2 aliphatic rings. The molecule has 0 saturated carbocycles. The second-order valence-corrected chi connectivity index (χ2v) is 8.35. The minimum Gasteiger partial charge on any atom is -0.475 e. The molecule has 2 unspecified atom stereocenters. The number of aliphatic carboxylic acids is 1. The summed E-state index contributed by atoms with van der Waals surface area (Å²) in [5.41, 5.74) is 1.18. The average molecular weight is 505 g/mol. The van der Waals surface area contributed by atoms with Crippen LogP contribution in [0.5, 0.6) is 11.5 Å². The molecular weight excluding hydrogens is 479 g/mol. The SMILES string of the molecule is N#Cc1ccccc1Oc1ccc(NC(=O)C2CCC(C3CCNCC3)O2)cc1.O=C(O)C(F)(F)F. The van der Waals surface area contributed by atoms with Gasteiger partial charge in [-0.15, -0.1) is 0 Å². The Labute approximate surface area is 206 Å². The van der Waals surface area contributed by atoms with Crippen LogP contribution in [0.2, 0.25) is 0 Å². The number of hydrogen-bond acceptors (Lipinski definition) is 6. The summed E-state index contributed by atoms with van der Waals surface area (Å²) < 4.78 is 43.6. The summed E-state index contributed by atoms with van der Waals surface area (Å²) >= 11 is 0. The fraction of sp³-hybridized carbons (Fsp3) is 0.400. The molecule has 2 heterocycles. The van der Waals surface area contributed by atoms with Crippen molar-refractivity contribution in [1.82, 2.24) is 5.32 Å². The molecular formula is C25H26F3N3O5. The zero-order valence-corrected chi connectivity index (χ0v) is 19.3. The Kier molecular flexibility index (Phi) is 9.27. The highest BCUT2D eigenvalue weighted by molar-refractivity contribution is 5.94. The molecule has 0 aromatic heterocycles. The fourth-order valence-corrected chi connectivity index (χ4v) is 4.02. The van der Waals surface area contributed by atoms with Crippen molar-refractivity contribution in [3.8, 4) is 17.6 Å². The standard InChI is InChI=1S/C23H25N3O3.C2HF3O2/c24-15-17-3-1-2-4-20(17)28-19-7-5-18(6-8-19)26-23(27)22-10-9-21(29-22)16-11-13-25-14-12-16;3-2(4,5)1(6)7/h1-8,16,21-22,25H,9-14H2,(H,26,27);(H,6,7). The van der Waals surface area contributed by atoms with E-state index in [1.807, 2.05) is 6.07 Å². The van der Waals surface area contributed by atoms with E-state index >= 15 is 0 Å². The van der Waals surface area contributed by atoms with Gasteiger partial charge in [-0.1, -0.05) is 12.1 Å². The average Bonchev–Trinajstić information content (AvgIpc) is 3.37. The number of piperidine rings is 1. The molecule has 2 fully saturated rings. The number of carboxylic acids is 1. The van der Waals surface area contributed by atoms with Gasteiger partial charge in [0.2, 0.25) is 0 Å². The van der Waals surface area contributed by atoms with Crippen molar-refractivity contribution in [1.29, 1.82) is 5.26 Å². The lowest BCUT2D eigenvalue weighted by Crippen LogP contribution is -2.35. The quantitative estimate of drug-likeness (QED) is 0.548. The van der Waals surface area contributed by atoms with Gasteiger partial charge in [0, 0.05) is 5.69 Å². The zero-order chi connectivity index (χ0) is 26.1. The summed E-state index contributed by atoms with van der Waals surface area (Å²) in [7, 11) is 0. The number of para-hydroxylation sites is 1. The molecule has 2 aromatic rings. The normalized spacial score (nSPS) is 19.9. The van der Waals surface area contributed by atoms with E-state index in [9.17, 15) is 18.0 Å². The van der Waals surface area contributed by atoms with Gasteiger partial charge in [0.25, 0.3) is 5.91 Å². The van der Waals surface area contributed by atoms with Gasteiger partial charge in [0.05, 0.1) is 11.7 Å². The summed E-state index contributed by atoms with van der Waals surface area (Å²) in [5, 5.41) is 22.6. The maximum Gasteiger partial charge on any atom is 0.490 e. The Morgan fingerprint density at radius 3 is 2.31 bits per heavy atom. The first-order chi connectivity index (χ1) is 17.2. The van der Waals surface area contributed by atoms with E-state index in [1.165, 1.54) is 0 Å². The van der Waals surface area contributed by atoms with Gasteiger partial charge in [-0.25, -0.2) is 4.79 Å². The summed E-state index contributed by atoms with van der Waals surface area (Å²) in [6.45, 7) is 2.07. The van der Waals surface area contributed by atoms with Crippen molar-refractivity contribution < 1.29 is 37.3 Å². The summed E-state index contributed by atoms with van der Waals surface area (Å²) in [6.07, 6.45) is -1.30. The van der Waals surface area contributed by atoms with E-state index in [4.69, 9.17) is 24.6 Å². The number of hydrogen-bond donors (Lipinski definition) is 3. The molecule has 0 bridgehead atoms. The maximum absolute atomic E-state index is 12.6. The monoisotopic (exact) mass is 505 g/mol. The van der Waals surface area contributed by atoms with Crippen LogP contribution >= 0.6 is 0 Å². The highest BCUT2D eigenvalue weighted by Crippen LogP contribution is 2.31. The highest BCUT2D eigenvalue weighted by Gasteiger charge is 2.38. The lowest BCUT2D eigenvalue weighted by molar-refractivity contribution is -0.192. The third-order valence-electron chi connectivity index (χ3n) is 5.85. The van der Waals surface area contributed by atoms with Crippen molar-refractivity contribution in [2.75, 3.05) is 18.4 Å². The second kappa shape index (κ2) is 12.4. The number of amides is 1. The molecule has 2 saturated heterocycles. The van der Waals surface area contributed by atoms with Gasteiger partial charge in [-0.05, 0) is 81.1 Å². The minimum absolute atomic E-state index is 0.0927. The number of nitriles is 1. The lowest BCUT2D eigenvalue weighted by atomic mass is 9.91. The molecule has 3 N–H and O–H groups in total. The van der Waals surface area contributed by atoms with Crippen LogP contribution < -0.4 is 15.4 Å². The van der Waals surface area contributed by atoms with Gasteiger partial charge in [0.15, 0.2) is 0 Å². The molecule has 2 aromatic carbocycles. The van der Waals surface area contributed by atoms with Crippen LogP contribution in [-0.4, -0.2) is 48.5 Å². The lowest BCUT2D eigenvalue weighted by Gasteiger charge is -2.27. The number of nitrogens with one attached hydrogen (secondary N) is 2. The van der Waals surface area contributed by atoms with Crippen LogP contribution in [0.15, 0.2) is 48.5 Å². The second-order valence-electron chi connectivity index (χ2n) is 8.35. The molecule has 8 nitrogen and oxygen atoms in total. The Bertz CT molecular complexity index is 1080. The molecule has 2 aliphatic heterocycles. The fourth-order valence-electron chi connectivity index (χ4n) is 4.02. The number of benzene rings is 2. The molecule has 0 aliphatic carbocycles. The van der Waals surface area contributed by atoms with Crippen LogP contribution in [0, 0.1) is 17.2 Å². The maximum atomic E-state index is 12.6. The first kappa shape index (κ1) is 27.0. The van der Waals surface area contributed by atoms with Crippen LogP contribution in [0.1, 0.15) is 31.2 Å². The van der Waals surface area contributed by atoms with E-state index in [1.54, 1.807) is 42.5 Å². The molecule has 36 heavy (non-hydrogen) atoms. The number of anilines is 1. The summed E-state index contributed by atoms with van der Waals surface area (Å²) in [4.78, 5) is 21.5.